The van der Waals surface area contributed by atoms with Crippen LogP contribution >= 0.6 is 11.8 Å². The Balaban J connectivity index is 1.78. The number of hydrogen-bond donors (Lipinski definition) is 1. The van der Waals surface area contributed by atoms with Gasteiger partial charge in [0.15, 0.2) is 11.5 Å². The summed E-state index contributed by atoms with van der Waals surface area (Å²) in [4.78, 5) is 39.9. The zero-order chi connectivity index (χ0) is 24.0. The van der Waals surface area contributed by atoms with E-state index in [0.717, 1.165) is 30.5 Å². The summed E-state index contributed by atoms with van der Waals surface area (Å²) in [6.45, 7) is 5.89. The van der Waals surface area contributed by atoms with Crippen molar-refractivity contribution in [1.29, 1.82) is 0 Å². The number of anilines is 2. The van der Waals surface area contributed by atoms with Crippen molar-refractivity contribution in [2.45, 2.75) is 20.3 Å². The predicted molar refractivity (Wildman–Crippen MR) is 129 cm³/mol. The molecule has 8 nitrogen and oxygen atoms in total. The van der Waals surface area contributed by atoms with E-state index in [1.165, 1.54) is 12.0 Å². The maximum absolute atomic E-state index is 13.0. The van der Waals surface area contributed by atoms with Gasteiger partial charge in [0, 0.05) is 18.8 Å². The minimum absolute atomic E-state index is 0.0109. The highest BCUT2D eigenvalue weighted by molar-refractivity contribution is 8.19. The van der Waals surface area contributed by atoms with Crippen LogP contribution in [0.15, 0.2) is 47.4 Å². The van der Waals surface area contributed by atoms with Crippen LogP contribution < -0.4 is 19.3 Å². The second-order valence-electron chi connectivity index (χ2n) is 7.11. The van der Waals surface area contributed by atoms with Crippen LogP contribution in [0.2, 0.25) is 0 Å². The quantitative estimate of drug-likeness (QED) is 0.502. The first-order chi connectivity index (χ1) is 15.9. The summed E-state index contributed by atoms with van der Waals surface area (Å²) >= 11 is 0.877. The van der Waals surface area contributed by atoms with Gasteiger partial charge in [-0.2, -0.15) is 0 Å². The van der Waals surface area contributed by atoms with Crippen LogP contribution in [-0.4, -0.2) is 49.0 Å². The van der Waals surface area contributed by atoms with Crippen molar-refractivity contribution in [1.82, 2.24) is 0 Å². The number of carboxylic acids is 1. The molecule has 2 amide bonds. The predicted octanol–water partition coefficient (Wildman–Crippen LogP) is 4.64. The lowest BCUT2D eigenvalue weighted by Gasteiger charge is -2.22. The van der Waals surface area contributed by atoms with Crippen molar-refractivity contribution in [3.8, 4) is 11.5 Å². The third kappa shape index (κ3) is 5.67. The van der Waals surface area contributed by atoms with Crippen LogP contribution in [0.1, 0.15) is 25.8 Å². The fourth-order valence-electron chi connectivity index (χ4n) is 3.38. The molecule has 33 heavy (non-hydrogen) atoms. The van der Waals surface area contributed by atoms with Gasteiger partial charge in [0.05, 0.1) is 30.7 Å². The van der Waals surface area contributed by atoms with Crippen molar-refractivity contribution >= 4 is 46.3 Å². The van der Waals surface area contributed by atoms with E-state index in [-0.39, 0.29) is 24.2 Å². The molecule has 174 valence electrons. The van der Waals surface area contributed by atoms with Crippen LogP contribution in [0.3, 0.4) is 0 Å². The normalized spacial score (nSPS) is 14.6. The zero-order valence-corrected chi connectivity index (χ0v) is 19.6. The number of hydrogen-bond acceptors (Lipinski definition) is 7. The lowest BCUT2D eigenvalue weighted by Crippen LogP contribution is -2.28. The number of ether oxygens (including phenoxy) is 2. The van der Waals surface area contributed by atoms with Crippen molar-refractivity contribution < 1.29 is 29.0 Å². The first-order valence-electron chi connectivity index (χ1n) is 10.5. The monoisotopic (exact) mass is 470 g/mol. The molecule has 3 rings (SSSR count). The number of carboxylic acid groups (broad SMARTS) is 1. The van der Waals surface area contributed by atoms with Gasteiger partial charge in [-0.3, -0.25) is 14.4 Å². The number of aliphatic carboxylic acids is 1. The Kier molecular flexibility index (Phi) is 8.00. The number of rotatable bonds is 10. The number of nitrogens with zero attached hydrogens (tertiary/aromatic N) is 2. The van der Waals surface area contributed by atoms with Gasteiger partial charge in [0.1, 0.15) is 0 Å². The average molecular weight is 471 g/mol. The molecule has 1 N–H and O–H groups in total. The Hall–Kier alpha value is -3.46. The number of thioether (sulfide) groups is 1. The summed E-state index contributed by atoms with van der Waals surface area (Å²) in [5.41, 5.74) is 2.21. The van der Waals surface area contributed by atoms with E-state index in [2.05, 4.69) is 18.7 Å². The third-order valence-electron chi connectivity index (χ3n) is 5.09. The minimum atomic E-state index is -0.955. The summed E-state index contributed by atoms with van der Waals surface area (Å²) in [7, 11) is 1.47. The molecule has 1 aliphatic heterocycles. The standard InChI is InChI=1S/C24H26N2O6S/c1-4-25(5-2)17-7-9-18(10-8-17)26-23(29)21(33-24(26)30)15-16-6-11-19(20(14-16)31-3)32-13-12-22(27)28/h6-11,14-15H,4-5,12-13H2,1-3H3,(H,27,28)/b21-15+. The summed E-state index contributed by atoms with van der Waals surface area (Å²) in [6, 6.07) is 12.4. The van der Waals surface area contributed by atoms with Gasteiger partial charge < -0.3 is 19.5 Å². The Bertz CT molecular complexity index is 1060. The highest BCUT2D eigenvalue weighted by Gasteiger charge is 2.36. The maximum atomic E-state index is 13.0. The molecule has 0 unspecified atom stereocenters. The highest BCUT2D eigenvalue weighted by Crippen LogP contribution is 2.37. The number of benzene rings is 2. The molecule has 0 saturated carbocycles. The van der Waals surface area contributed by atoms with Crippen molar-refractivity contribution in [2.75, 3.05) is 36.6 Å². The average Bonchev–Trinajstić information content (AvgIpc) is 3.08. The summed E-state index contributed by atoms with van der Waals surface area (Å²) in [6.07, 6.45) is 1.49. The van der Waals surface area contributed by atoms with Crippen molar-refractivity contribution in [2.24, 2.45) is 0 Å². The molecular formula is C24H26N2O6S. The molecule has 0 bridgehead atoms. The van der Waals surface area contributed by atoms with Gasteiger partial charge in [-0.05, 0) is 73.6 Å². The van der Waals surface area contributed by atoms with Gasteiger partial charge >= 0.3 is 5.97 Å². The Labute approximate surface area is 196 Å². The Morgan fingerprint density at radius 3 is 2.39 bits per heavy atom. The molecular weight excluding hydrogens is 444 g/mol. The summed E-state index contributed by atoms with van der Waals surface area (Å²) < 4.78 is 10.8. The molecule has 0 aromatic heterocycles. The number of imide groups is 1. The topological polar surface area (TPSA) is 96.4 Å². The fourth-order valence-corrected chi connectivity index (χ4v) is 4.23. The lowest BCUT2D eigenvalue weighted by atomic mass is 10.1. The molecule has 0 aliphatic carbocycles. The number of methoxy groups -OCH3 is 1. The smallest absolute Gasteiger partial charge is 0.306 e. The fraction of sp³-hybridized carbons (Fsp3) is 0.292. The first kappa shape index (κ1) is 24.2. The second-order valence-corrected chi connectivity index (χ2v) is 8.10. The van der Waals surface area contributed by atoms with Crippen LogP contribution in [-0.2, 0) is 9.59 Å². The first-order valence-corrected chi connectivity index (χ1v) is 11.3. The van der Waals surface area contributed by atoms with Gasteiger partial charge in [-0.1, -0.05) is 6.07 Å². The maximum Gasteiger partial charge on any atom is 0.306 e. The van der Waals surface area contributed by atoms with E-state index in [9.17, 15) is 14.4 Å². The third-order valence-corrected chi connectivity index (χ3v) is 5.96. The van der Waals surface area contributed by atoms with E-state index in [1.807, 2.05) is 12.1 Å². The molecule has 0 radical (unpaired) electrons. The summed E-state index contributed by atoms with van der Waals surface area (Å²) in [5, 5.41) is 8.39. The zero-order valence-electron chi connectivity index (χ0n) is 18.7. The van der Waals surface area contributed by atoms with E-state index in [4.69, 9.17) is 14.6 Å². The Morgan fingerprint density at radius 1 is 1.09 bits per heavy atom. The number of carbonyl (C=O) groups is 3. The van der Waals surface area contributed by atoms with Crippen LogP contribution in [0.25, 0.3) is 6.08 Å². The van der Waals surface area contributed by atoms with Crippen LogP contribution in [0.4, 0.5) is 16.2 Å². The van der Waals surface area contributed by atoms with Gasteiger partial charge in [0.2, 0.25) is 0 Å². The molecule has 0 atom stereocenters. The van der Waals surface area contributed by atoms with E-state index in [1.54, 1.807) is 36.4 Å². The minimum Gasteiger partial charge on any atom is -0.493 e. The molecule has 2 aromatic carbocycles. The molecule has 1 fully saturated rings. The summed E-state index contributed by atoms with van der Waals surface area (Å²) in [5.74, 6) is -0.539. The molecule has 1 heterocycles. The number of amides is 2. The molecule has 9 heteroatoms. The molecule has 0 spiro atoms. The molecule has 1 saturated heterocycles. The second kappa shape index (κ2) is 10.9. The van der Waals surface area contributed by atoms with Crippen LogP contribution in [0, 0.1) is 0 Å². The number of carbonyl (C=O) groups excluding carboxylic acids is 2. The Morgan fingerprint density at radius 2 is 1.79 bits per heavy atom. The van der Waals surface area contributed by atoms with E-state index >= 15 is 0 Å². The largest absolute Gasteiger partial charge is 0.493 e. The SMILES string of the molecule is CCN(CC)c1ccc(N2C(=O)S/C(=C/c3ccc(OCCC(=O)O)c(OC)c3)C2=O)cc1. The van der Waals surface area contributed by atoms with Crippen molar-refractivity contribution in [3.05, 3.63) is 52.9 Å². The van der Waals surface area contributed by atoms with E-state index < -0.39 is 5.97 Å². The highest BCUT2D eigenvalue weighted by atomic mass is 32.2. The lowest BCUT2D eigenvalue weighted by molar-refractivity contribution is -0.137. The van der Waals surface area contributed by atoms with Gasteiger partial charge in [-0.15, -0.1) is 0 Å². The van der Waals surface area contributed by atoms with Crippen LogP contribution in [0.5, 0.6) is 11.5 Å². The van der Waals surface area contributed by atoms with Gasteiger partial charge in [-0.25, -0.2) is 4.90 Å². The van der Waals surface area contributed by atoms with Crippen molar-refractivity contribution in [3.63, 3.8) is 0 Å². The molecule has 2 aromatic rings. The molecule has 1 aliphatic rings. The van der Waals surface area contributed by atoms with Gasteiger partial charge in [0.25, 0.3) is 11.1 Å². The van der Waals surface area contributed by atoms with E-state index in [0.29, 0.717) is 27.7 Å².